The highest BCUT2D eigenvalue weighted by Gasteiger charge is 2.13. The van der Waals surface area contributed by atoms with Crippen molar-refractivity contribution in [1.29, 1.82) is 0 Å². The number of amides is 1. The number of benzene rings is 3. The Morgan fingerprint density at radius 3 is 2.70 bits per heavy atom. The van der Waals surface area contributed by atoms with Crippen LogP contribution >= 0.6 is 0 Å². The van der Waals surface area contributed by atoms with E-state index < -0.39 is 0 Å². The van der Waals surface area contributed by atoms with E-state index in [1.165, 1.54) is 0 Å². The van der Waals surface area contributed by atoms with Crippen LogP contribution in [-0.4, -0.2) is 19.6 Å². The number of hydrogen-bond acceptors (Lipinski definition) is 3. The highest BCUT2D eigenvalue weighted by atomic mass is 16.5. The molecule has 0 radical (unpaired) electrons. The van der Waals surface area contributed by atoms with Gasteiger partial charge in [0, 0.05) is 11.9 Å². The molecule has 4 nitrogen and oxygen atoms in total. The number of fused-ring (bicyclic) bond motifs is 3. The predicted octanol–water partition coefficient (Wildman–Crippen LogP) is 4.96. The predicted molar refractivity (Wildman–Crippen MR) is 107 cm³/mol. The summed E-state index contributed by atoms with van der Waals surface area (Å²) < 4.78 is 11.1. The monoisotopic (exact) mass is 359 g/mol. The van der Waals surface area contributed by atoms with E-state index in [0.29, 0.717) is 12.3 Å². The van der Waals surface area contributed by atoms with Crippen LogP contribution in [0.15, 0.2) is 71.1 Å². The highest BCUT2D eigenvalue weighted by Crippen LogP contribution is 2.28. The second-order valence-electron chi connectivity index (χ2n) is 6.48. The molecule has 27 heavy (non-hydrogen) atoms. The molecule has 1 N–H and O–H groups in total. The van der Waals surface area contributed by atoms with Gasteiger partial charge in [0.15, 0.2) is 5.76 Å². The minimum absolute atomic E-state index is 0.185. The van der Waals surface area contributed by atoms with Gasteiger partial charge in [0.1, 0.15) is 11.3 Å². The third kappa shape index (κ3) is 3.51. The number of aryl methyl sites for hydroxylation is 1. The zero-order valence-corrected chi connectivity index (χ0v) is 15.2. The molecular weight excluding hydrogens is 338 g/mol. The van der Waals surface area contributed by atoms with Crippen LogP contribution in [0.5, 0.6) is 5.75 Å². The Morgan fingerprint density at radius 1 is 1.00 bits per heavy atom. The van der Waals surface area contributed by atoms with E-state index in [0.717, 1.165) is 45.9 Å². The molecule has 0 saturated carbocycles. The van der Waals surface area contributed by atoms with Crippen molar-refractivity contribution in [3.63, 3.8) is 0 Å². The Balaban J connectivity index is 1.42. The summed E-state index contributed by atoms with van der Waals surface area (Å²) >= 11 is 0. The second-order valence-corrected chi connectivity index (χ2v) is 6.48. The molecular formula is C23H21NO3. The summed E-state index contributed by atoms with van der Waals surface area (Å²) in [5.41, 5.74) is 1.87. The van der Waals surface area contributed by atoms with E-state index in [-0.39, 0.29) is 5.91 Å². The van der Waals surface area contributed by atoms with Crippen molar-refractivity contribution in [2.75, 3.05) is 13.7 Å². The molecule has 0 unspecified atom stereocenters. The first kappa shape index (κ1) is 17.2. The molecule has 0 aliphatic heterocycles. The van der Waals surface area contributed by atoms with Crippen LogP contribution in [0.25, 0.3) is 21.7 Å². The number of carbonyl (C=O) groups excluding carboxylic acids is 1. The topological polar surface area (TPSA) is 51.5 Å². The molecule has 0 aliphatic carbocycles. The zero-order chi connectivity index (χ0) is 18.6. The van der Waals surface area contributed by atoms with Gasteiger partial charge in [0.2, 0.25) is 0 Å². The molecule has 3 aromatic carbocycles. The van der Waals surface area contributed by atoms with E-state index in [1.807, 2.05) is 60.7 Å². The fourth-order valence-electron chi connectivity index (χ4n) is 3.38. The molecule has 4 aromatic rings. The van der Waals surface area contributed by atoms with Crippen molar-refractivity contribution in [3.8, 4) is 5.75 Å². The van der Waals surface area contributed by atoms with E-state index in [1.54, 1.807) is 7.11 Å². The first-order chi connectivity index (χ1) is 13.3. The Labute approximate surface area is 157 Å². The molecule has 1 amide bonds. The molecule has 1 heterocycles. The second kappa shape index (κ2) is 7.54. The SMILES string of the molecule is COc1ccccc1CCCNC(=O)c1cc2c(ccc3ccccc32)o1. The van der Waals surface area contributed by atoms with Gasteiger partial charge < -0.3 is 14.5 Å². The Bertz CT molecular complexity index is 1100. The molecule has 0 fully saturated rings. The van der Waals surface area contributed by atoms with Gasteiger partial charge in [-0.15, -0.1) is 0 Å². The van der Waals surface area contributed by atoms with Crippen LogP contribution < -0.4 is 10.1 Å². The fraction of sp³-hybridized carbons (Fsp3) is 0.174. The summed E-state index contributed by atoms with van der Waals surface area (Å²) in [7, 11) is 1.67. The average Bonchev–Trinajstić information content (AvgIpc) is 3.16. The molecule has 136 valence electrons. The Hall–Kier alpha value is -3.27. The van der Waals surface area contributed by atoms with Gasteiger partial charge in [-0.3, -0.25) is 4.79 Å². The van der Waals surface area contributed by atoms with Crippen LogP contribution in [0.1, 0.15) is 22.5 Å². The number of methoxy groups -OCH3 is 1. The standard InChI is InChI=1S/C23H21NO3/c1-26-20-11-5-3-8-17(20)9-6-14-24-23(25)22-15-19-18-10-4-2-7-16(18)12-13-21(19)27-22/h2-5,7-8,10-13,15H,6,9,14H2,1H3,(H,24,25). The lowest BCUT2D eigenvalue weighted by molar-refractivity contribution is 0.0927. The van der Waals surface area contributed by atoms with Gasteiger partial charge in [-0.1, -0.05) is 48.5 Å². The molecule has 4 heteroatoms. The molecule has 4 rings (SSSR count). The number of hydrogen-bond donors (Lipinski definition) is 1. The first-order valence-corrected chi connectivity index (χ1v) is 9.07. The third-order valence-corrected chi connectivity index (χ3v) is 4.75. The first-order valence-electron chi connectivity index (χ1n) is 9.07. The van der Waals surface area contributed by atoms with Crippen LogP contribution in [0.3, 0.4) is 0 Å². The minimum atomic E-state index is -0.185. The van der Waals surface area contributed by atoms with Gasteiger partial charge in [-0.25, -0.2) is 0 Å². The largest absolute Gasteiger partial charge is 0.496 e. The fourth-order valence-corrected chi connectivity index (χ4v) is 3.38. The van der Waals surface area contributed by atoms with E-state index >= 15 is 0 Å². The van der Waals surface area contributed by atoms with E-state index in [2.05, 4.69) is 11.4 Å². The average molecular weight is 359 g/mol. The normalized spacial score (nSPS) is 11.0. The lowest BCUT2D eigenvalue weighted by Gasteiger charge is -2.08. The molecule has 0 spiro atoms. The summed E-state index contributed by atoms with van der Waals surface area (Å²) in [4.78, 5) is 12.5. The summed E-state index contributed by atoms with van der Waals surface area (Å²) in [5, 5.41) is 6.13. The summed E-state index contributed by atoms with van der Waals surface area (Å²) in [6.07, 6.45) is 1.67. The smallest absolute Gasteiger partial charge is 0.287 e. The molecule has 0 saturated heterocycles. The minimum Gasteiger partial charge on any atom is -0.496 e. The number of ether oxygens (including phenoxy) is 1. The van der Waals surface area contributed by atoms with Crippen LogP contribution in [-0.2, 0) is 6.42 Å². The summed E-state index contributed by atoms with van der Waals surface area (Å²) in [5.74, 6) is 1.04. The number of para-hydroxylation sites is 1. The lowest BCUT2D eigenvalue weighted by Crippen LogP contribution is -2.24. The van der Waals surface area contributed by atoms with Gasteiger partial charge >= 0.3 is 0 Å². The van der Waals surface area contributed by atoms with Crippen molar-refractivity contribution in [3.05, 3.63) is 78.1 Å². The zero-order valence-electron chi connectivity index (χ0n) is 15.2. The van der Waals surface area contributed by atoms with E-state index in [9.17, 15) is 4.79 Å². The van der Waals surface area contributed by atoms with Crippen molar-refractivity contribution < 1.29 is 13.9 Å². The molecule has 0 atom stereocenters. The Kier molecular flexibility index (Phi) is 4.79. The maximum absolute atomic E-state index is 12.5. The number of rotatable bonds is 6. The molecule has 0 bridgehead atoms. The van der Waals surface area contributed by atoms with Crippen LogP contribution in [0.2, 0.25) is 0 Å². The van der Waals surface area contributed by atoms with Gasteiger partial charge in [0.25, 0.3) is 5.91 Å². The summed E-state index contributed by atoms with van der Waals surface area (Å²) in [6, 6.07) is 21.8. The number of furan rings is 1. The van der Waals surface area contributed by atoms with Crippen molar-refractivity contribution in [2.45, 2.75) is 12.8 Å². The maximum atomic E-state index is 12.5. The van der Waals surface area contributed by atoms with Crippen molar-refractivity contribution >= 4 is 27.6 Å². The van der Waals surface area contributed by atoms with Gasteiger partial charge in [-0.05, 0) is 47.4 Å². The molecule has 0 aliphatic rings. The molecule has 1 aromatic heterocycles. The Morgan fingerprint density at radius 2 is 1.81 bits per heavy atom. The van der Waals surface area contributed by atoms with Gasteiger partial charge in [-0.2, -0.15) is 0 Å². The maximum Gasteiger partial charge on any atom is 0.287 e. The van der Waals surface area contributed by atoms with Crippen molar-refractivity contribution in [1.82, 2.24) is 5.32 Å². The number of carbonyl (C=O) groups is 1. The highest BCUT2D eigenvalue weighted by molar-refractivity contribution is 6.08. The van der Waals surface area contributed by atoms with E-state index in [4.69, 9.17) is 9.15 Å². The van der Waals surface area contributed by atoms with Crippen molar-refractivity contribution in [2.24, 2.45) is 0 Å². The lowest BCUT2D eigenvalue weighted by atomic mass is 10.1. The third-order valence-electron chi connectivity index (χ3n) is 4.75. The quantitative estimate of drug-likeness (QED) is 0.495. The summed E-state index contributed by atoms with van der Waals surface area (Å²) in [6.45, 7) is 0.578. The van der Waals surface area contributed by atoms with Crippen LogP contribution in [0.4, 0.5) is 0 Å². The van der Waals surface area contributed by atoms with Gasteiger partial charge in [0.05, 0.1) is 7.11 Å². The number of nitrogens with one attached hydrogen (secondary N) is 1. The van der Waals surface area contributed by atoms with Crippen LogP contribution in [0, 0.1) is 0 Å².